The van der Waals surface area contributed by atoms with Gasteiger partial charge in [-0.1, -0.05) is 66.7 Å². The van der Waals surface area contributed by atoms with Crippen LogP contribution in [-0.2, 0) is 37.1 Å². The van der Waals surface area contributed by atoms with E-state index in [-0.39, 0.29) is 6.61 Å². The second kappa shape index (κ2) is 11.4. The minimum Gasteiger partial charge on any atom is -0.503 e. The highest BCUT2D eigenvalue weighted by molar-refractivity contribution is 6.16. The molecule has 0 aliphatic rings. The van der Waals surface area contributed by atoms with Gasteiger partial charge in [0.05, 0.1) is 20.5 Å². The van der Waals surface area contributed by atoms with E-state index >= 15 is 0 Å². The summed E-state index contributed by atoms with van der Waals surface area (Å²) in [4.78, 5) is 17.5. The number of carbonyl (C=O) groups is 1. The van der Waals surface area contributed by atoms with Crippen molar-refractivity contribution in [3.05, 3.63) is 77.5 Å². The van der Waals surface area contributed by atoms with Gasteiger partial charge in [0, 0.05) is 6.42 Å². The third kappa shape index (κ3) is 6.16. The summed E-state index contributed by atoms with van der Waals surface area (Å²) in [6.07, 6.45) is 1.94. The Morgan fingerprint density at radius 3 is 2.39 bits per heavy atom. The van der Waals surface area contributed by atoms with Crippen molar-refractivity contribution in [2.45, 2.75) is 26.6 Å². The molecule has 2 aromatic rings. The van der Waals surface area contributed by atoms with Crippen molar-refractivity contribution >= 4 is 17.4 Å². The zero-order valence-corrected chi connectivity index (χ0v) is 16.4. The number of ether oxygens (including phenoxy) is 3. The minimum absolute atomic E-state index is 0.232. The molecule has 0 saturated heterocycles. The zero-order chi connectivity index (χ0) is 20.2. The molecule has 0 aliphatic heterocycles. The first-order chi connectivity index (χ1) is 13.7. The summed E-state index contributed by atoms with van der Waals surface area (Å²) in [6.45, 7) is 2.53. The smallest absolute Gasteiger partial charge is 0.341 e. The predicted octanol–water partition coefficient (Wildman–Crippen LogP) is 4.30. The Morgan fingerprint density at radius 2 is 1.71 bits per heavy atom. The molecule has 0 aromatic heterocycles. The molecular weight excluding hydrogens is 358 g/mol. The molecule has 28 heavy (non-hydrogen) atoms. The molecule has 0 bridgehead atoms. The summed E-state index contributed by atoms with van der Waals surface area (Å²) >= 11 is 0. The Labute approximate surface area is 165 Å². The Morgan fingerprint density at radius 1 is 1.00 bits per heavy atom. The number of hydrogen-bond acceptors (Lipinski definition) is 6. The van der Waals surface area contributed by atoms with Crippen LogP contribution in [0.25, 0.3) is 5.57 Å². The van der Waals surface area contributed by atoms with Crippen molar-refractivity contribution in [1.82, 2.24) is 0 Å². The molecule has 0 spiro atoms. The van der Waals surface area contributed by atoms with Gasteiger partial charge in [0.1, 0.15) is 18.8 Å². The van der Waals surface area contributed by atoms with E-state index in [9.17, 15) is 4.79 Å². The number of rotatable bonds is 9. The van der Waals surface area contributed by atoms with Gasteiger partial charge in [-0.3, -0.25) is 0 Å². The Bertz CT molecular complexity index is 815. The molecule has 0 unspecified atom stereocenters. The third-order valence-corrected chi connectivity index (χ3v) is 3.89. The number of oxime groups is 1. The van der Waals surface area contributed by atoms with Gasteiger partial charge in [-0.2, -0.15) is 0 Å². The minimum atomic E-state index is -0.482. The lowest BCUT2D eigenvalue weighted by Gasteiger charge is -2.13. The number of methoxy groups -OCH3 is 2. The van der Waals surface area contributed by atoms with E-state index in [1.165, 1.54) is 20.5 Å². The molecule has 6 heteroatoms. The van der Waals surface area contributed by atoms with Crippen LogP contribution >= 0.6 is 0 Å². The van der Waals surface area contributed by atoms with Crippen molar-refractivity contribution < 1.29 is 23.8 Å². The van der Waals surface area contributed by atoms with Crippen LogP contribution in [0, 0.1) is 0 Å². The molecule has 2 rings (SSSR count). The van der Waals surface area contributed by atoms with Crippen molar-refractivity contribution in [3.8, 4) is 0 Å². The second-order valence-corrected chi connectivity index (χ2v) is 5.80. The average Bonchev–Trinajstić information content (AvgIpc) is 2.75. The number of benzene rings is 2. The first-order valence-electron chi connectivity index (χ1n) is 8.94. The largest absolute Gasteiger partial charge is 0.503 e. The van der Waals surface area contributed by atoms with E-state index in [2.05, 4.69) is 5.16 Å². The maximum atomic E-state index is 12.1. The SMILES string of the molecule is CC/C(=N\OCc1ccccc1)OCc1ccccc1/C(=C\OC)C(=O)OC. The molecule has 0 amide bonds. The van der Waals surface area contributed by atoms with Crippen LogP contribution in [0.4, 0.5) is 0 Å². The highest BCUT2D eigenvalue weighted by Gasteiger charge is 2.17. The fourth-order valence-electron chi connectivity index (χ4n) is 2.47. The Balaban J connectivity index is 2.07. The van der Waals surface area contributed by atoms with Crippen LogP contribution in [0.15, 0.2) is 66.0 Å². The highest BCUT2D eigenvalue weighted by atomic mass is 16.6. The fourth-order valence-corrected chi connectivity index (χ4v) is 2.47. The summed E-state index contributed by atoms with van der Waals surface area (Å²) in [7, 11) is 2.81. The predicted molar refractivity (Wildman–Crippen MR) is 107 cm³/mol. The van der Waals surface area contributed by atoms with Crippen molar-refractivity contribution in [2.24, 2.45) is 5.16 Å². The van der Waals surface area contributed by atoms with E-state index in [1.807, 2.05) is 61.5 Å². The fraction of sp³-hybridized carbons (Fsp3) is 0.273. The lowest BCUT2D eigenvalue weighted by Crippen LogP contribution is -2.09. The van der Waals surface area contributed by atoms with Gasteiger partial charge in [-0.05, 0) is 16.7 Å². The van der Waals surface area contributed by atoms with Crippen LogP contribution in [0.3, 0.4) is 0 Å². The monoisotopic (exact) mass is 383 g/mol. The lowest BCUT2D eigenvalue weighted by atomic mass is 10.0. The lowest BCUT2D eigenvalue weighted by molar-refractivity contribution is -0.133. The van der Waals surface area contributed by atoms with E-state index in [4.69, 9.17) is 19.0 Å². The van der Waals surface area contributed by atoms with Gasteiger partial charge < -0.3 is 19.0 Å². The van der Waals surface area contributed by atoms with Crippen LogP contribution in [-0.4, -0.2) is 26.1 Å². The van der Waals surface area contributed by atoms with Gasteiger partial charge in [-0.15, -0.1) is 0 Å². The molecular formula is C22H25NO5. The number of hydrogen-bond donors (Lipinski definition) is 0. The molecule has 148 valence electrons. The maximum Gasteiger partial charge on any atom is 0.341 e. The van der Waals surface area contributed by atoms with Gasteiger partial charge in [0.2, 0.25) is 5.90 Å². The van der Waals surface area contributed by atoms with Crippen LogP contribution in [0.2, 0.25) is 0 Å². The Hall–Kier alpha value is -3.28. The molecule has 0 radical (unpaired) electrons. The van der Waals surface area contributed by atoms with Gasteiger partial charge in [0.25, 0.3) is 0 Å². The average molecular weight is 383 g/mol. The molecule has 0 heterocycles. The molecule has 0 fully saturated rings. The molecule has 0 atom stereocenters. The quantitative estimate of drug-likeness (QED) is 0.161. The maximum absolute atomic E-state index is 12.1. The van der Waals surface area contributed by atoms with Crippen molar-refractivity contribution in [2.75, 3.05) is 14.2 Å². The highest BCUT2D eigenvalue weighted by Crippen LogP contribution is 2.22. The number of nitrogens with zero attached hydrogens (tertiary/aromatic N) is 1. The second-order valence-electron chi connectivity index (χ2n) is 5.80. The van der Waals surface area contributed by atoms with E-state index in [0.717, 1.165) is 11.1 Å². The van der Waals surface area contributed by atoms with E-state index < -0.39 is 5.97 Å². The molecule has 6 nitrogen and oxygen atoms in total. The zero-order valence-electron chi connectivity index (χ0n) is 16.4. The molecule has 2 aromatic carbocycles. The van der Waals surface area contributed by atoms with Gasteiger partial charge >= 0.3 is 5.97 Å². The summed E-state index contributed by atoms with van der Waals surface area (Å²) in [5, 5.41) is 4.08. The summed E-state index contributed by atoms with van der Waals surface area (Å²) < 4.78 is 15.7. The van der Waals surface area contributed by atoms with Gasteiger partial charge in [-0.25, -0.2) is 4.79 Å². The van der Waals surface area contributed by atoms with E-state index in [0.29, 0.717) is 30.1 Å². The van der Waals surface area contributed by atoms with Crippen LogP contribution in [0.5, 0.6) is 0 Å². The number of esters is 1. The van der Waals surface area contributed by atoms with E-state index in [1.54, 1.807) is 0 Å². The van der Waals surface area contributed by atoms with Crippen LogP contribution < -0.4 is 0 Å². The Kier molecular flexibility index (Phi) is 8.59. The standard InChI is InChI=1S/C22H25NO5/c1-4-21(23-28-14-17-10-6-5-7-11-17)27-15-18-12-8-9-13-19(18)20(16-25-2)22(24)26-3/h5-13,16H,4,14-15H2,1-3H3/b20-16+,23-21+. The van der Waals surface area contributed by atoms with Crippen molar-refractivity contribution in [1.29, 1.82) is 0 Å². The summed E-state index contributed by atoms with van der Waals surface area (Å²) in [6, 6.07) is 17.2. The first-order valence-corrected chi connectivity index (χ1v) is 8.94. The topological polar surface area (TPSA) is 66.3 Å². The summed E-state index contributed by atoms with van der Waals surface area (Å²) in [5.74, 6) is -0.00838. The third-order valence-electron chi connectivity index (χ3n) is 3.89. The number of carbonyl (C=O) groups excluding carboxylic acids is 1. The first kappa shape index (κ1) is 21.0. The van der Waals surface area contributed by atoms with Gasteiger partial charge in [0.15, 0.2) is 0 Å². The van der Waals surface area contributed by atoms with Crippen molar-refractivity contribution in [3.63, 3.8) is 0 Å². The summed E-state index contributed by atoms with van der Waals surface area (Å²) in [5.41, 5.74) is 2.83. The molecule has 0 N–H and O–H groups in total. The molecule has 0 aliphatic carbocycles. The normalized spacial score (nSPS) is 11.7. The molecule has 0 saturated carbocycles. The van der Waals surface area contributed by atoms with Crippen LogP contribution in [0.1, 0.15) is 30.0 Å².